The Morgan fingerprint density at radius 1 is 1.12 bits per heavy atom. The van der Waals surface area contributed by atoms with Crippen molar-refractivity contribution in [2.45, 2.75) is 0 Å². The molecule has 0 atom stereocenters. The van der Waals surface area contributed by atoms with Gasteiger partial charge in [0.15, 0.2) is 0 Å². The molecule has 1 aromatic carbocycles. The first-order chi connectivity index (χ1) is 12.0. The highest BCUT2D eigenvalue weighted by Crippen LogP contribution is 2.17. The Labute approximate surface area is 150 Å². The van der Waals surface area contributed by atoms with Crippen LogP contribution in [0.3, 0.4) is 0 Å². The van der Waals surface area contributed by atoms with E-state index in [0.29, 0.717) is 31.1 Å². The van der Waals surface area contributed by atoms with E-state index in [0.717, 1.165) is 5.69 Å². The highest BCUT2D eigenvalue weighted by atomic mass is 32.1. The summed E-state index contributed by atoms with van der Waals surface area (Å²) in [6.45, 7) is 2.65. The van der Waals surface area contributed by atoms with Crippen molar-refractivity contribution in [2.75, 3.05) is 44.7 Å². The fourth-order valence-corrected chi connectivity index (χ4v) is 3.55. The van der Waals surface area contributed by atoms with E-state index in [1.165, 1.54) is 28.4 Å². The van der Waals surface area contributed by atoms with Crippen molar-refractivity contribution >= 4 is 28.8 Å². The van der Waals surface area contributed by atoms with Gasteiger partial charge in [0.25, 0.3) is 5.91 Å². The van der Waals surface area contributed by atoms with Gasteiger partial charge in [-0.1, -0.05) is 6.07 Å². The van der Waals surface area contributed by atoms with Crippen molar-refractivity contribution in [3.63, 3.8) is 0 Å². The van der Waals surface area contributed by atoms with Crippen LogP contribution in [0.15, 0.2) is 41.8 Å². The van der Waals surface area contributed by atoms with Crippen molar-refractivity contribution in [3.8, 4) is 0 Å². The number of halogens is 1. The Kier molecular flexibility index (Phi) is 5.33. The van der Waals surface area contributed by atoms with Crippen LogP contribution in [-0.2, 0) is 4.79 Å². The molecule has 2 heterocycles. The molecule has 25 heavy (non-hydrogen) atoms. The summed E-state index contributed by atoms with van der Waals surface area (Å²) in [4.78, 5) is 30.7. The molecule has 1 fully saturated rings. The summed E-state index contributed by atoms with van der Waals surface area (Å²) in [5.74, 6) is -0.435. The van der Waals surface area contributed by atoms with Crippen LogP contribution < -0.4 is 4.90 Å². The van der Waals surface area contributed by atoms with Crippen LogP contribution in [0.4, 0.5) is 10.1 Å². The van der Waals surface area contributed by atoms with Gasteiger partial charge in [-0.15, -0.1) is 11.3 Å². The average Bonchev–Trinajstić information content (AvgIpc) is 3.16. The van der Waals surface area contributed by atoms with E-state index in [1.54, 1.807) is 30.1 Å². The summed E-state index contributed by atoms with van der Waals surface area (Å²) in [6, 6.07) is 9.97. The van der Waals surface area contributed by atoms with Gasteiger partial charge in [0.1, 0.15) is 5.82 Å². The van der Waals surface area contributed by atoms with E-state index >= 15 is 0 Å². The molecular weight excluding hydrogens is 341 g/mol. The highest BCUT2D eigenvalue weighted by molar-refractivity contribution is 7.12. The normalized spacial score (nSPS) is 14.5. The van der Waals surface area contributed by atoms with E-state index in [2.05, 4.69) is 4.90 Å². The minimum atomic E-state index is -0.254. The number of hydrogen-bond donors (Lipinski definition) is 0. The Bertz CT molecular complexity index is 725. The van der Waals surface area contributed by atoms with E-state index in [4.69, 9.17) is 0 Å². The maximum Gasteiger partial charge on any atom is 0.264 e. The van der Waals surface area contributed by atoms with Gasteiger partial charge in [0.05, 0.1) is 11.4 Å². The van der Waals surface area contributed by atoms with Gasteiger partial charge in [0, 0.05) is 38.9 Å². The quantitative estimate of drug-likeness (QED) is 0.839. The third-order valence-electron chi connectivity index (χ3n) is 4.28. The third-order valence-corrected chi connectivity index (χ3v) is 5.13. The topological polar surface area (TPSA) is 43.9 Å². The minimum absolute atomic E-state index is 0.0498. The van der Waals surface area contributed by atoms with Crippen molar-refractivity contribution in [1.29, 1.82) is 0 Å². The van der Waals surface area contributed by atoms with E-state index in [1.807, 2.05) is 11.4 Å². The summed E-state index contributed by atoms with van der Waals surface area (Å²) in [5, 5.41) is 1.84. The molecule has 1 aliphatic rings. The Morgan fingerprint density at radius 3 is 2.40 bits per heavy atom. The molecule has 0 radical (unpaired) electrons. The zero-order chi connectivity index (χ0) is 17.8. The summed E-state index contributed by atoms with van der Waals surface area (Å²) in [7, 11) is 1.65. The highest BCUT2D eigenvalue weighted by Gasteiger charge is 2.24. The van der Waals surface area contributed by atoms with Gasteiger partial charge in [-0.25, -0.2) is 4.39 Å². The molecule has 132 valence electrons. The fourth-order valence-electron chi connectivity index (χ4n) is 2.83. The number of carbonyl (C=O) groups excluding carboxylic acids is 2. The largest absolute Gasteiger partial charge is 0.368 e. The molecule has 1 saturated heterocycles. The van der Waals surface area contributed by atoms with Gasteiger partial charge >= 0.3 is 0 Å². The molecule has 1 aromatic heterocycles. The second-order valence-electron chi connectivity index (χ2n) is 5.98. The molecule has 1 aliphatic heterocycles. The van der Waals surface area contributed by atoms with Crippen molar-refractivity contribution in [2.24, 2.45) is 0 Å². The lowest BCUT2D eigenvalue weighted by Gasteiger charge is -2.36. The summed E-state index contributed by atoms with van der Waals surface area (Å²) in [6.07, 6.45) is 0. The SMILES string of the molecule is CN(CC(=O)N1CCN(c2ccc(F)cc2)CC1)C(=O)c1cccs1. The fraction of sp³-hybridized carbons (Fsp3) is 0.333. The lowest BCUT2D eigenvalue weighted by Crippen LogP contribution is -2.51. The van der Waals surface area contributed by atoms with Crippen LogP contribution in [0.1, 0.15) is 9.67 Å². The summed E-state index contributed by atoms with van der Waals surface area (Å²) in [5.41, 5.74) is 0.957. The Morgan fingerprint density at radius 2 is 1.80 bits per heavy atom. The number of amides is 2. The zero-order valence-corrected chi connectivity index (χ0v) is 14.8. The minimum Gasteiger partial charge on any atom is -0.368 e. The van der Waals surface area contributed by atoms with Crippen LogP contribution in [-0.4, -0.2) is 61.4 Å². The molecule has 0 saturated carbocycles. The second-order valence-corrected chi connectivity index (χ2v) is 6.93. The number of rotatable bonds is 4. The van der Waals surface area contributed by atoms with E-state index in [9.17, 15) is 14.0 Å². The molecule has 2 amide bonds. The molecule has 0 N–H and O–H groups in total. The lowest BCUT2D eigenvalue weighted by atomic mass is 10.2. The second kappa shape index (κ2) is 7.65. The van der Waals surface area contributed by atoms with Gasteiger partial charge in [-0.3, -0.25) is 9.59 Å². The number of nitrogens with zero attached hydrogens (tertiary/aromatic N) is 3. The Balaban J connectivity index is 1.51. The van der Waals surface area contributed by atoms with E-state index in [-0.39, 0.29) is 24.2 Å². The predicted molar refractivity (Wildman–Crippen MR) is 96.5 cm³/mol. The standard InChI is InChI=1S/C18H20FN3O2S/c1-20(18(24)16-3-2-12-25-16)13-17(23)22-10-8-21(9-11-22)15-6-4-14(19)5-7-15/h2-7,12H,8-11,13H2,1H3. The van der Waals surface area contributed by atoms with E-state index < -0.39 is 0 Å². The first-order valence-corrected chi connectivity index (χ1v) is 9.00. The van der Waals surface area contributed by atoms with Gasteiger partial charge in [0.2, 0.25) is 5.91 Å². The predicted octanol–water partition coefficient (Wildman–Crippen LogP) is 2.31. The molecule has 0 spiro atoms. The number of anilines is 1. The zero-order valence-electron chi connectivity index (χ0n) is 14.0. The van der Waals surface area contributed by atoms with Crippen LogP contribution in [0.5, 0.6) is 0 Å². The number of piperazine rings is 1. The van der Waals surface area contributed by atoms with Crippen LogP contribution >= 0.6 is 11.3 Å². The van der Waals surface area contributed by atoms with Gasteiger partial charge in [-0.05, 0) is 35.7 Å². The Hall–Kier alpha value is -2.41. The molecule has 0 unspecified atom stereocenters. The van der Waals surface area contributed by atoms with Crippen molar-refractivity contribution < 1.29 is 14.0 Å². The summed E-state index contributed by atoms with van der Waals surface area (Å²) < 4.78 is 13.0. The van der Waals surface area contributed by atoms with Crippen molar-refractivity contribution in [1.82, 2.24) is 9.80 Å². The van der Waals surface area contributed by atoms with Crippen LogP contribution in [0, 0.1) is 5.82 Å². The van der Waals surface area contributed by atoms with Gasteiger partial charge < -0.3 is 14.7 Å². The maximum atomic E-state index is 13.0. The van der Waals surface area contributed by atoms with Crippen LogP contribution in [0.25, 0.3) is 0 Å². The maximum absolute atomic E-state index is 13.0. The third kappa shape index (κ3) is 4.17. The van der Waals surface area contributed by atoms with Crippen molar-refractivity contribution in [3.05, 3.63) is 52.5 Å². The average molecular weight is 361 g/mol. The monoisotopic (exact) mass is 361 g/mol. The first-order valence-electron chi connectivity index (χ1n) is 8.12. The first kappa shape index (κ1) is 17.4. The molecule has 5 nitrogen and oxygen atoms in total. The number of benzene rings is 1. The van der Waals surface area contributed by atoms with Crippen LogP contribution in [0.2, 0.25) is 0 Å². The molecule has 0 bridgehead atoms. The number of thiophene rings is 1. The molecule has 3 rings (SSSR count). The summed E-state index contributed by atoms with van der Waals surface area (Å²) >= 11 is 1.37. The number of likely N-dealkylation sites (N-methyl/N-ethyl adjacent to an activating group) is 1. The molecule has 7 heteroatoms. The molecule has 2 aromatic rings. The smallest absolute Gasteiger partial charge is 0.264 e. The number of carbonyl (C=O) groups is 2. The molecular formula is C18H20FN3O2S. The lowest BCUT2D eigenvalue weighted by molar-refractivity contribution is -0.131. The number of hydrogen-bond acceptors (Lipinski definition) is 4. The van der Waals surface area contributed by atoms with Gasteiger partial charge in [-0.2, -0.15) is 0 Å². The molecule has 0 aliphatic carbocycles.